The number of halogens is 1. The van der Waals surface area contributed by atoms with Crippen LogP contribution in [-0.2, 0) is 0 Å². The van der Waals surface area contributed by atoms with Crippen LogP contribution in [0.5, 0.6) is 0 Å². The molecule has 2 heterocycles. The van der Waals surface area contributed by atoms with E-state index in [-0.39, 0.29) is 0 Å². The summed E-state index contributed by atoms with van der Waals surface area (Å²) in [5.41, 5.74) is 1.79. The van der Waals surface area contributed by atoms with Crippen LogP contribution in [0.1, 0.15) is 0 Å². The van der Waals surface area contributed by atoms with Gasteiger partial charge in [0.25, 0.3) is 0 Å². The van der Waals surface area contributed by atoms with E-state index < -0.39 is 0 Å². The third-order valence-corrected chi connectivity index (χ3v) is 4.24. The first-order chi connectivity index (χ1) is 10.8. The standard InChI is InChI=1S/C16H13ClN4S/c1-2-11-22-16-20-19-15(12-7-9-18-10-8-12)21(16)14-6-4-3-5-13(14)17/h2-10H,1,11H2. The highest BCUT2D eigenvalue weighted by Crippen LogP contribution is 2.31. The smallest absolute Gasteiger partial charge is 0.196 e. The highest BCUT2D eigenvalue weighted by Gasteiger charge is 2.17. The fraction of sp³-hybridized carbons (Fsp3) is 0.0625. The molecule has 110 valence electrons. The zero-order valence-electron chi connectivity index (χ0n) is 11.7. The van der Waals surface area contributed by atoms with Crippen molar-refractivity contribution in [3.05, 3.63) is 66.5 Å². The fourth-order valence-electron chi connectivity index (χ4n) is 2.04. The van der Waals surface area contributed by atoms with Gasteiger partial charge < -0.3 is 0 Å². The van der Waals surface area contributed by atoms with E-state index in [1.165, 1.54) is 0 Å². The molecule has 3 aromatic rings. The number of hydrogen-bond donors (Lipinski definition) is 0. The van der Waals surface area contributed by atoms with E-state index in [1.807, 2.05) is 47.0 Å². The summed E-state index contributed by atoms with van der Waals surface area (Å²) < 4.78 is 1.96. The monoisotopic (exact) mass is 328 g/mol. The molecule has 0 saturated heterocycles. The number of aromatic nitrogens is 4. The third kappa shape index (κ3) is 2.91. The summed E-state index contributed by atoms with van der Waals surface area (Å²) in [6.07, 6.45) is 5.30. The Morgan fingerprint density at radius 3 is 2.64 bits per heavy atom. The van der Waals surface area contributed by atoms with Crippen LogP contribution in [0.4, 0.5) is 0 Å². The topological polar surface area (TPSA) is 43.6 Å². The lowest BCUT2D eigenvalue weighted by Gasteiger charge is -2.11. The van der Waals surface area contributed by atoms with Crippen molar-refractivity contribution in [1.82, 2.24) is 19.7 Å². The highest BCUT2D eigenvalue weighted by molar-refractivity contribution is 7.99. The molecule has 4 nitrogen and oxygen atoms in total. The molecule has 0 spiro atoms. The molecule has 3 rings (SSSR count). The average Bonchev–Trinajstić information content (AvgIpc) is 2.98. The van der Waals surface area contributed by atoms with Gasteiger partial charge in [0.2, 0.25) is 0 Å². The Hall–Kier alpha value is -2.11. The Balaban J connectivity index is 2.18. The first-order valence-electron chi connectivity index (χ1n) is 6.65. The maximum absolute atomic E-state index is 6.36. The minimum atomic E-state index is 0.651. The van der Waals surface area contributed by atoms with E-state index in [9.17, 15) is 0 Å². The van der Waals surface area contributed by atoms with Gasteiger partial charge in [-0.25, -0.2) is 0 Å². The Morgan fingerprint density at radius 2 is 1.91 bits per heavy atom. The number of pyridine rings is 1. The highest BCUT2D eigenvalue weighted by atomic mass is 35.5. The lowest BCUT2D eigenvalue weighted by atomic mass is 10.2. The van der Waals surface area contributed by atoms with Crippen LogP contribution in [-0.4, -0.2) is 25.5 Å². The van der Waals surface area contributed by atoms with E-state index in [0.717, 1.165) is 28.0 Å². The zero-order valence-corrected chi connectivity index (χ0v) is 13.3. The van der Waals surface area contributed by atoms with Crippen molar-refractivity contribution < 1.29 is 0 Å². The summed E-state index contributed by atoms with van der Waals surface area (Å²) in [6.45, 7) is 3.75. The second-order valence-electron chi connectivity index (χ2n) is 4.43. The average molecular weight is 329 g/mol. The molecule has 2 aromatic heterocycles. The van der Waals surface area contributed by atoms with Crippen molar-refractivity contribution in [2.45, 2.75) is 5.16 Å². The molecular formula is C16H13ClN4S. The molecule has 1 aromatic carbocycles. The molecule has 0 aliphatic heterocycles. The number of nitrogens with zero attached hydrogens (tertiary/aromatic N) is 4. The predicted molar refractivity (Wildman–Crippen MR) is 90.5 cm³/mol. The van der Waals surface area contributed by atoms with Crippen molar-refractivity contribution in [2.24, 2.45) is 0 Å². The van der Waals surface area contributed by atoms with E-state index in [2.05, 4.69) is 21.8 Å². The van der Waals surface area contributed by atoms with Gasteiger partial charge in [0.05, 0.1) is 10.7 Å². The molecular weight excluding hydrogens is 316 g/mol. The Kier molecular flexibility index (Phi) is 4.56. The summed E-state index contributed by atoms with van der Waals surface area (Å²) in [7, 11) is 0. The van der Waals surface area contributed by atoms with Crippen molar-refractivity contribution in [3.8, 4) is 17.1 Å². The fourth-order valence-corrected chi connectivity index (χ4v) is 2.93. The second-order valence-corrected chi connectivity index (χ2v) is 5.82. The maximum Gasteiger partial charge on any atom is 0.196 e. The SMILES string of the molecule is C=CCSc1nnc(-c2ccncc2)n1-c1ccccc1Cl. The maximum atomic E-state index is 6.36. The number of thioether (sulfide) groups is 1. The molecule has 0 radical (unpaired) electrons. The minimum Gasteiger partial charge on any atom is -0.268 e. The zero-order chi connectivity index (χ0) is 15.4. The van der Waals surface area contributed by atoms with Crippen molar-refractivity contribution in [1.29, 1.82) is 0 Å². The summed E-state index contributed by atoms with van der Waals surface area (Å²) in [4.78, 5) is 4.05. The van der Waals surface area contributed by atoms with Gasteiger partial charge in [-0.1, -0.05) is 41.6 Å². The van der Waals surface area contributed by atoms with Gasteiger partial charge >= 0.3 is 0 Å². The molecule has 0 atom stereocenters. The molecule has 0 N–H and O–H groups in total. The Morgan fingerprint density at radius 1 is 1.14 bits per heavy atom. The quantitative estimate of drug-likeness (QED) is 0.518. The van der Waals surface area contributed by atoms with E-state index >= 15 is 0 Å². The van der Waals surface area contributed by atoms with Crippen LogP contribution in [0.3, 0.4) is 0 Å². The molecule has 0 aliphatic carbocycles. The molecule has 0 unspecified atom stereocenters. The van der Waals surface area contributed by atoms with Crippen molar-refractivity contribution in [3.63, 3.8) is 0 Å². The van der Waals surface area contributed by atoms with Gasteiger partial charge in [0, 0.05) is 23.7 Å². The van der Waals surface area contributed by atoms with Crippen LogP contribution in [0.2, 0.25) is 5.02 Å². The molecule has 0 bridgehead atoms. The normalized spacial score (nSPS) is 10.6. The largest absolute Gasteiger partial charge is 0.268 e. The predicted octanol–water partition coefficient (Wildman–Crippen LogP) is 4.26. The van der Waals surface area contributed by atoms with Crippen LogP contribution in [0.25, 0.3) is 17.1 Å². The van der Waals surface area contributed by atoms with Crippen molar-refractivity contribution >= 4 is 23.4 Å². The third-order valence-electron chi connectivity index (χ3n) is 3.00. The van der Waals surface area contributed by atoms with Gasteiger partial charge in [-0.05, 0) is 24.3 Å². The summed E-state index contributed by atoms with van der Waals surface area (Å²) in [6, 6.07) is 11.5. The molecule has 0 aliphatic rings. The van der Waals surface area contributed by atoms with Crippen LogP contribution in [0, 0.1) is 0 Å². The van der Waals surface area contributed by atoms with E-state index in [4.69, 9.17) is 11.6 Å². The first-order valence-corrected chi connectivity index (χ1v) is 8.02. The summed E-state index contributed by atoms with van der Waals surface area (Å²) >= 11 is 7.93. The van der Waals surface area contributed by atoms with Crippen LogP contribution in [0.15, 0.2) is 66.6 Å². The van der Waals surface area contributed by atoms with Crippen LogP contribution >= 0.6 is 23.4 Å². The number of rotatable bonds is 5. The number of hydrogen-bond acceptors (Lipinski definition) is 4. The number of para-hydroxylation sites is 1. The van der Waals surface area contributed by atoms with Gasteiger partial charge in [-0.15, -0.1) is 16.8 Å². The lowest BCUT2D eigenvalue weighted by Crippen LogP contribution is -2.00. The molecule has 22 heavy (non-hydrogen) atoms. The first kappa shape index (κ1) is 14.8. The van der Waals surface area contributed by atoms with Gasteiger partial charge in [-0.2, -0.15) is 0 Å². The minimum absolute atomic E-state index is 0.651. The van der Waals surface area contributed by atoms with E-state index in [0.29, 0.717) is 5.02 Å². The van der Waals surface area contributed by atoms with Crippen LogP contribution < -0.4 is 0 Å². The Labute approximate surface area is 137 Å². The van der Waals surface area contributed by atoms with Gasteiger partial charge in [0.15, 0.2) is 11.0 Å². The molecule has 0 fully saturated rings. The summed E-state index contributed by atoms with van der Waals surface area (Å²) in [5.74, 6) is 1.49. The van der Waals surface area contributed by atoms with Gasteiger partial charge in [0.1, 0.15) is 0 Å². The molecule has 0 saturated carbocycles. The van der Waals surface area contributed by atoms with Crippen molar-refractivity contribution in [2.75, 3.05) is 5.75 Å². The molecule has 0 amide bonds. The number of benzene rings is 1. The molecule has 6 heteroatoms. The lowest BCUT2D eigenvalue weighted by molar-refractivity contribution is 0.888. The Bertz CT molecular complexity index is 786. The van der Waals surface area contributed by atoms with E-state index in [1.54, 1.807) is 24.2 Å². The summed E-state index contributed by atoms with van der Waals surface area (Å²) in [5, 5.41) is 10.1. The van der Waals surface area contributed by atoms with Gasteiger partial charge in [-0.3, -0.25) is 9.55 Å². The second kappa shape index (κ2) is 6.77.